The highest BCUT2D eigenvalue weighted by Gasteiger charge is 2.17. The Morgan fingerprint density at radius 1 is 0.607 bits per heavy atom. The number of fused-ring (bicyclic) bond motifs is 2. The van der Waals surface area contributed by atoms with Crippen LogP contribution in [0.2, 0.25) is 0 Å². The van der Waals surface area contributed by atoms with E-state index in [1.54, 1.807) is 84.2 Å². The Morgan fingerprint density at radius 3 is 1.39 bits per heavy atom. The second-order valence-corrected chi connectivity index (χ2v) is 12.9. The Balaban J connectivity index is 0.880. The number of aromatic nitrogens is 8. The van der Waals surface area contributed by atoms with Crippen molar-refractivity contribution in [1.29, 1.82) is 0 Å². The van der Waals surface area contributed by atoms with Gasteiger partial charge in [0, 0.05) is 50.4 Å². The lowest BCUT2D eigenvalue weighted by molar-refractivity contribution is -0.124. The molecule has 0 spiro atoms. The number of anilines is 4. The first-order chi connectivity index (χ1) is 27.0. The lowest BCUT2D eigenvalue weighted by Gasteiger charge is -2.13. The molecular formula is C36H40N16O4. The van der Waals surface area contributed by atoms with Crippen LogP contribution in [0.5, 0.6) is 0 Å². The van der Waals surface area contributed by atoms with Gasteiger partial charge in [0.25, 0.3) is 0 Å². The Hall–Kier alpha value is -7.38. The molecule has 4 amide bonds. The van der Waals surface area contributed by atoms with Gasteiger partial charge in [-0.05, 0) is 48.5 Å². The van der Waals surface area contributed by atoms with Gasteiger partial charge in [-0.3, -0.25) is 19.2 Å². The number of benzene rings is 2. The molecule has 8 N–H and O–H groups in total. The van der Waals surface area contributed by atoms with Crippen LogP contribution in [-0.2, 0) is 32.3 Å². The van der Waals surface area contributed by atoms with Gasteiger partial charge in [0.2, 0.25) is 23.6 Å². The van der Waals surface area contributed by atoms with E-state index in [0.29, 0.717) is 58.2 Å². The summed E-state index contributed by atoms with van der Waals surface area (Å²) in [5.74, 6) is -1.36. The van der Waals surface area contributed by atoms with Crippen molar-refractivity contribution in [2.24, 2.45) is 22.1 Å². The van der Waals surface area contributed by atoms with Gasteiger partial charge in [0.15, 0.2) is 22.9 Å². The number of aryl methyl sites for hydroxylation is 2. The summed E-state index contributed by atoms with van der Waals surface area (Å²) < 4.78 is 3.45. The van der Waals surface area contributed by atoms with E-state index in [1.807, 2.05) is 0 Å². The summed E-state index contributed by atoms with van der Waals surface area (Å²) in [6.45, 7) is 4.46. The SMILES string of the molecule is CC(CNC(=O)CCn1cnc2c(N)ncnc21)C(=O)Nc1ccc(/N=N/c2ccc(NC(=O)C(C)CNC(=O)CCn3cnc4c(N)ncnc43)cc2)cc1. The maximum absolute atomic E-state index is 12.7. The number of nitrogen functional groups attached to an aromatic ring is 2. The quantitative estimate of drug-likeness (QED) is 0.0777. The maximum Gasteiger partial charge on any atom is 0.228 e. The van der Waals surface area contributed by atoms with Crippen LogP contribution < -0.4 is 32.7 Å². The van der Waals surface area contributed by atoms with Gasteiger partial charge < -0.3 is 41.9 Å². The summed E-state index contributed by atoms with van der Waals surface area (Å²) in [5.41, 5.74) is 15.9. The number of imidazole rings is 2. The molecule has 0 radical (unpaired) electrons. The van der Waals surface area contributed by atoms with Crippen LogP contribution in [0.4, 0.5) is 34.4 Å². The fourth-order valence-electron chi connectivity index (χ4n) is 5.33. The summed E-state index contributed by atoms with van der Waals surface area (Å²) >= 11 is 0. The monoisotopic (exact) mass is 760 g/mol. The van der Waals surface area contributed by atoms with Crippen LogP contribution in [0, 0.1) is 11.8 Å². The number of hydrogen-bond acceptors (Lipinski definition) is 14. The molecule has 20 heteroatoms. The number of azo groups is 1. The number of nitrogens with zero attached hydrogens (tertiary/aromatic N) is 10. The molecule has 2 unspecified atom stereocenters. The summed E-state index contributed by atoms with van der Waals surface area (Å²) in [6.07, 6.45) is 6.15. The van der Waals surface area contributed by atoms with Crippen molar-refractivity contribution in [3.8, 4) is 0 Å². The molecule has 6 aromatic rings. The number of carbonyl (C=O) groups excluding carboxylic acids is 4. The second-order valence-electron chi connectivity index (χ2n) is 12.9. The fraction of sp³-hybridized carbons (Fsp3) is 0.278. The molecule has 56 heavy (non-hydrogen) atoms. The number of rotatable bonds is 16. The highest BCUT2D eigenvalue weighted by atomic mass is 16.2. The summed E-state index contributed by atoms with van der Waals surface area (Å²) in [7, 11) is 0. The number of carbonyl (C=O) groups is 4. The lowest BCUT2D eigenvalue weighted by Crippen LogP contribution is -2.34. The molecule has 0 saturated carbocycles. The van der Waals surface area contributed by atoms with Gasteiger partial charge in [0.1, 0.15) is 23.7 Å². The summed E-state index contributed by atoms with van der Waals surface area (Å²) in [5, 5.41) is 19.8. The Bertz CT molecular complexity index is 2210. The average Bonchev–Trinajstić information content (AvgIpc) is 3.83. The van der Waals surface area contributed by atoms with E-state index >= 15 is 0 Å². The predicted octanol–water partition coefficient (Wildman–Crippen LogP) is 3.11. The smallest absolute Gasteiger partial charge is 0.228 e. The first kappa shape index (κ1) is 38.3. The molecule has 0 aliphatic heterocycles. The van der Waals surface area contributed by atoms with Gasteiger partial charge in [-0.2, -0.15) is 10.2 Å². The zero-order valence-electron chi connectivity index (χ0n) is 30.6. The molecule has 0 aliphatic carbocycles. The van der Waals surface area contributed by atoms with Gasteiger partial charge in [-0.15, -0.1) is 0 Å². The largest absolute Gasteiger partial charge is 0.382 e. The standard InChI is InChI=1S/C36H40N16O4/c1-21(15-39-27(53)11-13-51-19-45-29-31(37)41-17-43-33(29)51)35(55)47-23-3-7-25(8-4-23)49-50-26-9-5-24(6-10-26)48-36(56)22(2)16-40-28(54)12-14-52-20-46-30-32(38)42-18-44-34(30)52/h3-10,17-22H,11-16H2,1-2H3,(H,39,53)(H,40,54)(H,47,55)(H,48,56)(H2,37,41,43)(H2,38,42,44)/b50-49+. The zero-order valence-corrected chi connectivity index (χ0v) is 30.6. The third-order valence-electron chi connectivity index (χ3n) is 8.68. The first-order valence-electron chi connectivity index (χ1n) is 17.6. The van der Waals surface area contributed by atoms with Crippen molar-refractivity contribution < 1.29 is 19.2 Å². The van der Waals surface area contributed by atoms with Gasteiger partial charge in [-0.1, -0.05) is 13.8 Å². The molecule has 20 nitrogen and oxygen atoms in total. The Kier molecular flexibility index (Phi) is 12.1. The van der Waals surface area contributed by atoms with Crippen molar-refractivity contribution in [2.75, 3.05) is 35.2 Å². The molecular weight excluding hydrogens is 721 g/mol. The number of hydrogen-bond donors (Lipinski definition) is 6. The minimum absolute atomic E-state index is 0.163. The maximum atomic E-state index is 12.7. The molecule has 4 heterocycles. The van der Waals surface area contributed by atoms with E-state index in [1.165, 1.54) is 12.7 Å². The van der Waals surface area contributed by atoms with E-state index in [0.717, 1.165) is 0 Å². The van der Waals surface area contributed by atoms with Crippen molar-refractivity contribution in [3.63, 3.8) is 0 Å². The lowest BCUT2D eigenvalue weighted by atomic mass is 10.1. The van der Waals surface area contributed by atoms with Gasteiger partial charge in [-0.25, -0.2) is 29.9 Å². The first-order valence-corrected chi connectivity index (χ1v) is 17.6. The number of amides is 4. The minimum atomic E-state index is -0.486. The molecule has 288 valence electrons. The molecule has 2 atom stereocenters. The topological polar surface area (TPSA) is 280 Å². The molecule has 0 aliphatic rings. The minimum Gasteiger partial charge on any atom is -0.382 e. The number of nitrogens with one attached hydrogen (secondary N) is 4. The van der Waals surface area contributed by atoms with Crippen LogP contribution in [0.3, 0.4) is 0 Å². The van der Waals surface area contributed by atoms with Crippen molar-refractivity contribution >= 4 is 80.3 Å². The van der Waals surface area contributed by atoms with E-state index in [9.17, 15) is 19.2 Å². The van der Waals surface area contributed by atoms with Crippen LogP contribution in [0.1, 0.15) is 26.7 Å². The molecule has 2 aromatic carbocycles. The van der Waals surface area contributed by atoms with Crippen LogP contribution in [0.25, 0.3) is 22.3 Å². The average molecular weight is 761 g/mol. The van der Waals surface area contributed by atoms with Gasteiger partial charge >= 0.3 is 0 Å². The Labute approximate surface area is 319 Å². The van der Waals surface area contributed by atoms with Gasteiger partial charge in [0.05, 0.1) is 35.9 Å². The summed E-state index contributed by atoms with van der Waals surface area (Å²) in [6, 6.07) is 13.7. The summed E-state index contributed by atoms with van der Waals surface area (Å²) in [4.78, 5) is 74.9. The molecule has 6 rings (SSSR count). The van der Waals surface area contributed by atoms with Crippen LogP contribution in [-0.4, -0.2) is 75.8 Å². The van der Waals surface area contributed by atoms with Crippen molar-refractivity contribution in [1.82, 2.24) is 49.7 Å². The van der Waals surface area contributed by atoms with Crippen LogP contribution in [0.15, 0.2) is 84.1 Å². The zero-order chi connectivity index (χ0) is 39.6. The molecule has 0 bridgehead atoms. The highest BCUT2D eigenvalue weighted by Crippen LogP contribution is 2.23. The van der Waals surface area contributed by atoms with Crippen LogP contribution >= 0.6 is 0 Å². The normalized spacial score (nSPS) is 12.4. The van der Waals surface area contributed by atoms with E-state index in [4.69, 9.17) is 11.5 Å². The number of nitrogens with two attached hydrogens (primary N) is 2. The third kappa shape index (κ3) is 9.78. The highest BCUT2D eigenvalue weighted by molar-refractivity contribution is 5.93. The molecule has 0 fully saturated rings. The fourth-order valence-corrected chi connectivity index (χ4v) is 5.33. The second kappa shape index (κ2) is 17.6. The van der Waals surface area contributed by atoms with Crippen molar-refractivity contribution in [2.45, 2.75) is 39.8 Å². The van der Waals surface area contributed by atoms with E-state index in [-0.39, 0.29) is 61.2 Å². The third-order valence-corrected chi connectivity index (χ3v) is 8.68. The van der Waals surface area contributed by atoms with E-state index in [2.05, 4.69) is 61.4 Å². The predicted molar refractivity (Wildman–Crippen MR) is 207 cm³/mol. The molecule has 0 saturated heterocycles. The van der Waals surface area contributed by atoms with E-state index < -0.39 is 11.8 Å². The molecule has 4 aromatic heterocycles. The Morgan fingerprint density at radius 2 is 1.00 bits per heavy atom. The van der Waals surface area contributed by atoms with Crippen molar-refractivity contribution in [3.05, 3.63) is 73.8 Å².